The van der Waals surface area contributed by atoms with Gasteiger partial charge in [-0.2, -0.15) is 0 Å². The van der Waals surface area contributed by atoms with Crippen LogP contribution >= 0.6 is 15.9 Å². The van der Waals surface area contributed by atoms with E-state index in [0.29, 0.717) is 23.4 Å². The highest BCUT2D eigenvalue weighted by atomic mass is 79.9. The number of carbonyl (C=O) groups is 2. The molecule has 0 atom stereocenters. The van der Waals surface area contributed by atoms with Crippen LogP contribution in [0, 0.1) is 0 Å². The highest BCUT2D eigenvalue weighted by Gasteiger charge is 2.15. The van der Waals surface area contributed by atoms with Gasteiger partial charge in [-0.1, -0.05) is 52.3 Å². The lowest BCUT2D eigenvalue weighted by Gasteiger charge is -2.12. The Labute approximate surface area is 188 Å². The van der Waals surface area contributed by atoms with E-state index in [-0.39, 0.29) is 18.3 Å². The molecule has 0 radical (unpaired) electrons. The molecular weight excluding hydrogens is 456 g/mol. The van der Waals surface area contributed by atoms with E-state index in [1.807, 2.05) is 71.4 Å². The topological polar surface area (TPSA) is 60.3 Å². The summed E-state index contributed by atoms with van der Waals surface area (Å²) in [4.78, 5) is 25.0. The molecule has 4 aromatic rings. The van der Waals surface area contributed by atoms with E-state index in [1.54, 1.807) is 19.1 Å². The predicted molar refractivity (Wildman–Crippen MR) is 126 cm³/mol. The van der Waals surface area contributed by atoms with Crippen molar-refractivity contribution in [3.63, 3.8) is 0 Å². The highest BCUT2D eigenvalue weighted by Crippen LogP contribution is 2.29. The third kappa shape index (κ3) is 4.54. The van der Waals surface area contributed by atoms with Gasteiger partial charge < -0.3 is 14.6 Å². The molecule has 4 rings (SSSR count). The number of hydrogen-bond donors (Lipinski definition) is 1. The fraction of sp³-hybridized carbons (Fsp3) is 0.120. The van der Waals surface area contributed by atoms with Gasteiger partial charge in [-0.3, -0.25) is 9.59 Å². The average Bonchev–Trinajstić information content (AvgIpc) is 3.20. The molecule has 0 unspecified atom stereocenters. The van der Waals surface area contributed by atoms with Crippen LogP contribution in [0.4, 0.5) is 5.69 Å². The number of benzene rings is 3. The van der Waals surface area contributed by atoms with Crippen LogP contribution in [0.3, 0.4) is 0 Å². The van der Waals surface area contributed by atoms with Gasteiger partial charge in [-0.25, -0.2) is 0 Å². The summed E-state index contributed by atoms with van der Waals surface area (Å²) in [6, 6.07) is 22.9. The molecule has 0 spiro atoms. The summed E-state index contributed by atoms with van der Waals surface area (Å²) in [5.74, 6) is -0.575. The SMILES string of the molecule is CCOC(=O)Cc1ccccc1NC(=O)c1cc(Br)c2ccn(-c3ccccc3)c2c1. The van der Waals surface area contributed by atoms with Crippen molar-refractivity contribution >= 4 is 44.4 Å². The molecule has 1 amide bonds. The minimum atomic E-state index is -0.325. The molecule has 156 valence electrons. The summed E-state index contributed by atoms with van der Waals surface area (Å²) >= 11 is 3.60. The van der Waals surface area contributed by atoms with E-state index in [1.165, 1.54) is 0 Å². The number of halogens is 1. The first kappa shape index (κ1) is 20.9. The number of rotatable bonds is 6. The number of amides is 1. The van der Waals surface area contributed by atoms with Crippen LogP contribution in [0.2, 0.25) is 0 Å². The normalized spacial score (nSPS) is 10.8. The zero-order chi connectivity index (χ0) is 21.8. The molecule has 3 aromatic carbocycles. The Bertz CT molecular complexity index is 1250. The second kappa shape index (κ2) is 9.18. The summed E-state index contributed by atoms with van der Waals surface area (Å²) in [5.41, 5.74) is 3.76. The van der Waals surface area contributed by atoms with E-state index in [2.05, 4.69) is 21.2 Å². The van der Waals surface area contributed by atoms with Crippen LogP contribution in [0.15, 0.2) is 83.5 Å². The Morgan fingerprint density at radius 3 is 2.52 bits per heavy atom. The van der Waals surface area contributed by atoms with Crippen molar-refractivity contribution in [3.05, 3.63) is 94.6 Å². The summed E-state index contributed by atoms with van der Waals surface area (Å²) in [6.45, 7) is 2.09. The van der Waals surface area contributed by atoms with Crippen LogP contribution in [-0.4, -0.2) is 23.1 Å². The van der Waals surface area contributed by atoms with E-state index in [9.17, 15) is 9.59 Å². The molecule has 5 nitrogen and oxygen atoms in total. The smallest absolute Gasteiger partial charge is 0.310 e. The van der Waals surface area contributed by atoms with Crippen molar-refractivity contribution in [1.29, 1.82) is 0 Å². The second-order valence-corrected chi connectivity index (χ2v) is 7.86. The van der Waals surface area contributed by atoms with Crippen LogP contribution < -0.4 is 5.32 Å². The number of aromatic nitrogens is 1. The van der Waals surface area contributed by atoms with E-state index in [4.69, 9.17) is 4.74 Å². The van der Waals surface area contributed by atoms with Gasteiger partial charge in [0, 0.05) is 33.0 Å². The van der Waals surface area contributed by atoms with Gasteiger partial charge in [-0.15, -0.1) is 0 Å². The maximum absolute atomic E-state index is 13.1. The van der Waals surface area contributed by atoms with Gasteiger partial charge in [0.1, 0.15) is 0 Å². The second-order valence-electron chi connectivity index (χ2n) is 7.01. The molecule has 0 saturated carbocycles. The third-order valence-electron chi connectivity index (χ3n) is 4.96. The molecular formula is C25H21BrN2O3. The number of nitrogens with one attached hydrogen (secondary N) is 1. The fourth-order valence-electron chi connectivity index (χ4n) is 3.50. The molecule has 31 heavy (non-hydrogen) atoms. The molecule has 0 aliphatic carbocycles. The van der Waals surface area contributed by atoms with Gasteiger partial charge in [0.25, 0.3) is 5.91 Å². The summed E-state index contributed by atoms with van der Waals surface area (Å²) in [7, 11) is 0. The van der Waals surface area contributed by atoms with Gasteiger partial charge in [0.15, 0.2) is 0 Å². The Morgan fingerprint density at radius 1 is 1.00 bits per heavy atom. The van der Waals surface area contributed by atoms with Crippen molar-refractivity contribution in [2.24, 2.45) is 0 Å². The van der Waals surface area contributed by atoms with Crippen molar-refractivity contribution in [2.45, 2.75) is 13.3 Å². The number of anilines is 1. The average molecular weight is 477 g/mol. The first-order valence-corrected chi connectivity index (χ1v) is 10.8. The lowest BCUT2D eigenvalue weighted by Crippen LogP contribution is -2.15. The molecule has 0 saturated heterocycles. The van der Waals surface area contributed by atoms with Crippen LogP contribution in [-0.2, 0) is 16.0 Å². The number of hydrogen-bond acceptors (Lipinski definition) is 3. The van der Waals surface area contributed by atoms with Gasteiger partial charge >= 0.3 is 5.97 Å². The van der Waals surface area contributed by atoms with Gasteiger partial charge in [0.05, 0.1) is 18.5 Å². The van der Waals surface area contributed by atoms with Crippen molar-refractivity contribution < 1.29 is 14.3 Å². The maximum atomic E-state index is 13.1. The minimum absolute atomic E-state index is 0.101. The Morgan fingerprint density at radius 2 is 1.74 bits per heavy atom. The van der Waals surface area contributed by atoms with E-state index >= 15 is 0 Å². The lowest BCUT2D eigenvalue weighted by molar-refractivity contribution is -0.142. The quantitative estimate of drug-likeness (QED) is 0.360. The maximum Gasteiger partial charge on any atom is 0.310 e. The summed E-state index contributed by atoms with van der Waals surface area (Å²) in [5, 5.41) is 3.96. The largest absolute Gasteiger partial charge is 0.466 e. The van der Waals surface area contributed by atoms with Crippen molar-refractivity contribution in [3.8, 4) is 5.69 Å². The van der Waals surface area contributed by atoms with E-state index < -0.39 is 0 Å². The molecule has 0 aliphatic rings. The standard InChI is InChI=1S/C25H21BrN2O3/c1-2-31-24(29)16-17-8-6-7-11-22(17)27-25(30)18-14-21(26)20-12-13-28(23(20)15-18)19-9-4-3-5-10-19/h3-15H,2,16H2,1H3,(H,27,30). The van der Waals surface area contributed by atoms with Crippen molar-refractivity contribution in [2.75, 3.05) is 11.9 Å². The molecule has 0 fully saturated rings. The lowest BCUT2D eigenvalue weighted by atomic mass is 10.1. The molecule has 1 N–H and O–H groups in total. The molecule has 6 heteroatoms. The Kier molecular flexibility index (Phi) is 6.18. The number of esters is 1. The van der Waals surface area contributed by atoms with Crippen molar-refractivity contribution in [1.82, 2.24) is 4.57 Å². The third-order valence-corrected chi connectivity index (χ3v) is 5.62. The highest BCUT2D eigenvalue weighted by molar-refractivity contribution is 9.10. The molecule has 1 aromatic heterocycles. The number of nitrogens with zero attached hydrogens (tertiary/aromatic N) is 1. The number of carbonyl (C=O) groups excluding carboxylic acids is 2. The molecule has 1 heterocycles. The van der Waals surface area contributed by atoms with Gasteiger partial charge in [-0.05, 0) is 48.9 Å². The van der Waals surface area contributed by atoms with E-state index in [0.717, 1.165) is 21.1 Å². The molecule has 0 aliphatic heterocycles. The predicted octanol–water partition coefficient (Wildman–Crippen LogP) is 5.75. The Balaban J connectivity index is 1.66. The summed E-state index contributed by atoms with van der Waals surface area (Å²) < 4.78 is 7.92. The fourth-order valence-corrected chi connectivity index (χ4v) is 4.08. The number of para-hydroxylation sites is 2. The number of ether oxygens (including phenoxy) is 1. The zero-order valence-corrected chi connectivity index (χ0v) is 18.6. The van der Waals surface area contributed by atoms with Crippen LogP contribution in [0.25, 0.3) is 16.6 Å². The first-order chi connectivity index (χ1) is 15.1. The molecule has 0 bridgehead atoms. The zero-order valence-electron chi connectivity index (χ0n) is 17.0. The summed E-state index contributed by atoms with van der Waals surface area (Å²) in [6.07, 6.45) is 2.09. The monoisotopic (exact) mass is 476 g/mol. The first-order valence-electron chi connectivity index (χ1n) is 9.97. The Hall–Kier alpha value is -3.38. The van der Waals surface area contributed by atoms with Crippen LogP contribution in [0.1, 0.15) is 22.8 Å². The number of fused-ring (bicyclic) bond motifs is 1. The van der Waals surface area contributed by atoms with Gasteiger partial charge in [0.2, 0.25) is 0 Å². The minimum Gasteiger partial charge on any atom is -0.466 e. The van der Waals surface area contributed by atoms with Crippen LogP contribution in [0.5, 0.6) is 0 Å².